The molecule has 0 aromatic rings. The average Bonchev–Trinajstić information content (AvgIpc) is 1.99. The van der Waals surface area contributed by atoms with Gasteiger partial charge in [-0.05, 0) is 6.92 Å². The van der Waals surface area contributed by atoms with Crippen LogP contribution in [0.1, 0.15) is 6.92 Å². The van der Waals surface area contributed by atoms with E-state index in [-0.39, 0.29) is 19.8 Å². The fourth-order valence-electron chi connectivity index (χ4n) is 0.380. The van der Waals surface area contributed by atoms with Crippen molar-refractivity contribution in [3.63, 3.8) is 0 Å². The Labute approximate surface area is 64.0 Å². The Kier molecular flexibility index (Phi) is 5.94. The largest absolute Gasteiger partial charge is 0.508 e. The van der Waals surface area contributed by atoms with Crippen LogP contribution in [-0.4, -0.2) is 32.0 Å². The first-order chi connectivity index (χ1) is 5.31. The molecule has 0 N–H and O–H groups in total. The van der Waals surface area contributed by atoms with Crippen molar-refractivity contribution in [3.8, 4) is 0 Å². The van der Waals surface area contributed by atoms with Crippen LogP contribution in [0.15, 0.2) is 4.99 Å². The topological polar surface area (TPSA) is 65.0 Å². The average molecular weight is 159 g/mol. The van der Waals surface area contributed by atoms with Gasteiger partial charge in [0.25, 0.3) is 0 Å². The van der Waals surface area contributed by atoms with Crippen LogP contribution in [-0.2, 0) is 14.3 Å². The van der Waals surface area contributed by atoms with Gasteiger partial charge in [0.05, 0.1) is 13.2 Å². The summed E-state index contributed by atoms with van der Waals surface area (Å²) >= 11 is 0. The zero-order chi connectivity index (χ0) is 8.53. The molecule has 0 bridgehead atoms. The summed E-state index contributed by atoms with van der Waals surface area (Å²) in [5.74, 6) is 0. The molecule has 0 rings (SSSR count). The van der Waals surface area contributed by atoms with Gasteiger partial charge in [-0.2, -0.15) is 0 Å². The van der Waals surface area contributed by atoms with Gasteiger partial charge in [-0.25, -0.2) is 14.6 Å². The minimum absolute atomic E-state index is 0.0497. The number of hydrogen-bond acceptors (Lipinski definition) is 5. The molecule has 0 radical (unpaired) electrons. The maximum atomic E-state index is 10.4. The Morgan fingerprint density at radius 2 is 2.27 bits per heavy atom. The van der Waals surface area contributed by atoms with Gasteiger partial charge in [0, 0.05) is 0 Å². The van der Waals surface area contributed by atoms with Crippen molar-refractivity contribution < 1.29 is 19.1 Å². The Bertz CT molecular complexity index is 162. The third-order valence-electron chi connectivity index (χ3n) is 0.750. The van der Waals surface area contributed by atoms with E-state index in [2.05, 4.69) is 14.5 Å². The first-order valence-corrected chi connectivity index (χ1v) is 3.14. The molecule has 5 nitrogen and oxygen atoms in total. The molecule has 62 valence electrons. The van der Waals surface area contributed by atoms with Gasteiger partial charge in [-0.15, -0.1) is 0 Å². The lowest BCUT2D eigenvalue weighted by Gasteiger charge is -2.00. The van der Waals surface area contributed by atoms with Crippen LogP contribution >= 0.6 is 0 Å². The number of rotatable bonds is 4. The molecule has 0 unspecified atom stereocenters. The van der Waals surface area contributed by atoms with Gasteiger partial charge in [-0.3, -0.25) is 0 Å². The van der Waals surface area contributed by atoms with Gasteiger partial charge in [-0.1, -0.05) is 0 Å². The smallest absolute Gasteiger partial charge is 0.435 e. The normalized spacial score (nSPS) is 8.09. The Hall–Kier alpha value is -1.35. The van der Waals surface area contributed by atoms with E-state index < -0.39 is 6.16 Å². The highest BCUT2D eigenvalue weighted by Gasteiger charge is 1.99. The van der Waals surface area contributed by atoms with E-state index in [0.29, 0.717) is 0 Å². The van der Waals surface area contributed by atoms with E-state index in [1.54, 1.807) is 6.92 Å². The monoisotopic (exact) mass is 159 g/mol. The lowest BCUT2D eigenvalue weighted by Crippen LogP contribution is -2.09. The van der Waals surface area contributed by atoms with Crippen molar-refractivity contribution in [1.82, 2.24) is 0 Å². The lowest BCUT2D eigenvalue weighted by atomic mass is 10.7. The number of ether oxygens (including phenoxy) is 2. The van der Waals surface area contributed by atoms with Gasteiger partial charge in [0.1, 0.15) is 6.61 Å². The van der Waals surface area contributed by atoms with Gasteiger partial charge in [0.15, 0.2) is 0 Å². The molecule has 0 aromatic carbocycles. The minimum Gasteiger partial charge on any atom is -0.435 e. The first-order valence-electron chi connectivity index (χ1n) is 3.14. The van der Waals surface area contributed by atoms with Gasteiger partial charge in [0.2, 0.25) is 6.08 Å². The fourth-order valence-corrected chi connectivity index (χ4v) is 0.380. The molecule has 0 aliphatic carbocycles. The van der Waals surface area contributed by atoms with Crippen LogP contribution in [0, 0.1) is 0 Å². The molecular weight excluding hydrogens is 150 g/mol. The predicted molar refractivity (Wildman–Crippen MR) is 36.0 cm³/mol. The van der Waals surface area contributed by atoms with E-state index in [4.69, 9.17) is 0 Å². The van der Waals surface area contributed by atoms with Crippen molar-refractivity contribution in [2.75, 3.05) is 19.8 Å². The molecule has 11 heavy (non-hydrogen) atoms. The minimum atomic E-state index is -0.742. The molecule has 0 aromatic heterocycles. The Morgan fingerprint density at radius 1 is 1.55 bits per heavy atom. The lowest BCUT2D eigenvalue weighted by molar-refractivity contribution is 0.0614. The van der Waals surface area contributed by atoms with Crippen molar-refractivity contribution in [3.05, 3.63) is 0 Å². The highest BCUT2D eigenvalue weighted by Crippen LogP contribution is 1.83. The molecular formula is C6H9NO4. The van der Waals surface area contributed by atoms with Crippen molar-refractivity contribution in [2.24, 2.45) is 4.99 Å². The second-order valence-electron chi connectivity index (χ2n) is 1.50. The number of isocyanates is 1. The first kappa shape index (κ1) is 9.65. The second kappa shape index (κ2) is 6.77. The maximum absolute atomic E-state index is 10.4. The zero-order valence-electron chi connectivity index (χ0n) is 6.20. The standard InChI is InChI=1S/C6H9NO4/c1-2-10-6(9)11-4-3-7-5-8/h2-4H2,1H3. The highest BCUT2D eigenvalue weighted by molar-refractivity contribution is 5.59. The molecule has 0 aliphatic rings. The van der Waals surface area contributed by atoms with Crippen LogP contribution in [0.25, 0.3) is 0 Å². The summed E-state index contributed by atoms with van der Waals surface area (Å²) in [6.45, 7) is 2.12. The third-order valence-corrected chi connectivity index (χ3v) is 0.750. The van der Waals surface area contributed by atoms with Crippen molar-refractivity contribution >= 4 is 12.2 Å². The molecule has 0 heterocycles. The van der Waals surface area contributed by atoms with Crippen LogP contribution in [0.5, 0.6) is 0 Å². The predicted octanol–water partition coefficient (Wildman–Crippen LogP) is 0.495. The molecule has 0 saturated heterocycles. The maximum Gasteiger partial charge on any atom is 0.508 e. The molecule has 0 fully saturated rings. The summed E-state index contributed by atoms with van der Waals surface area (Å²) in [5.41, 5.74) is 0. The summed E-state index contributed by atoms with van der Waals surface area (Å²) in [6.07, 6.45) is 0.574. The van der Waals surface area contributed by atoms with Crippen molar-refractivity contribution in [2.45, 2.75) is 6.92 Å². The third kappa shape index (κ3) is 6.54. The highest BCUT2D eigenvalue weighted by atomic mass is 16.7. The number of aliphatic imine (C=N–C) groups is 1. The molecule has 0 atom stereocenters. The SMILES string of the molecule is CCOC(=O)OCCN=C=O. The molecule has 0 amide bonds. The van der Waals surface area contributed by atoms with E-state index >= 15 is 0 Å². The van der Waals surface area contributed by atoms with Crippen LogP contribution in [0.2, 0.25) is 0 Å². The van der Waals surface area contributed by atoms with Crippen molar-refractivity contribution in [1.29, 1.82) is 0 Å². The molecule has 0 spiro atoms. The van der Waals surface area contributed by atoms with E-state index in [9.17, 15) is 9.59 Å². The number of carbonyl (C=O) groups is 1. The Balaban J connectivity index is 3.23. The number of nitrogens with zero attached hydrogens (tertiary/aromatic N) is 1. The Morgan fingerprint density at radius 3 is 2.82 bits per heavy atom. The summed E-state index contributed by atoms with van der Waals surface area (Å²) in [6, 6.07) is 0. The second-order valence-corrected chi connectivity index (χ2v) is 1.50. The number of hydrogen-bond donors (Lipinski definition) is 0. The summed E-state index contributed by atoms with van der Waals surface area (Å²) in [5, 5.41) is 0. The van der Waals surface area contributed by atoms with Crippen LogP contribution in [0.3, 0.4) is 0 Å². The van der Waals surface area contributed by atoms with Gasteiger partial charge >= 0.3 is 6.16 Å². The van der Waals surface area contributed by atoms with Gasteiger partial charge < -0.3 is 9.47 Å². The zero-order valence-corrected chi connectivity index (χ0v) is 6.20. The fraction of sp³-hybridized carbons (Fsp3) is 0.667. The summed E-state index contributed by atoms with van der Waals surface area (Å²) in [7, 11) is 0. The molecule has 5 heteroatoms. The van der Waals surface area contributed by atoms with E-state index in [1.165, 1.54) is 6.08 Å². The van der Waals surface area contributed by atoms with E-state index in [0.717, 1.165) is 0 Å². The van der Waals surface area contributed by atoms with Crippen LogP contribution in [0.4, 0.5) is 4.79 Å². The molecule has 0 saturated carbocycles. The van der Waals surface area contributed by atoms with E-state index in [1.807, 2.05) is 0 Å². The summed E-state index contributed by atoms with van der Waals surface area (Å²) < 4.78 is 8.87. The molecule has 0 aliphatic heterocycles. The number of carbonyl (C=O) groups excluding carboxylic acids is 2. The van der Waals surface area contributed by atoms with Crippen LogP contribution < -0.4 is 0 Å². The quantitative estimate of drug-likeness (QED) is 0.259. The summed E-state index contributed by atoms with van der Waals surface area (Å²) in [4.78, 5) is 23.1.